The fraction of sp³-hybridized carbons (Fsp3) is 0.300. The molecule has 0 fully saturated rings. The molecule has 0 aliphatic rings. The van der Waals surface area contributed by atoms with Crippen molar-refractivity contribution < 1.29 is 9.84 Å². The Kier molecular flexibility index (Phi) is 2.76. The highest BCUT2D eigenvalue weighted by Crippen LogP contribution is 2.24. The first-order valence-corrected chi connectivity index (χ1v) is 4.03. The average molecular weight is 177 g/mol. The molecule has 13 heavy (non-hydrogen) atoms. The summed E-state index contributed by atoms with van der Waals surface area (Å²) in [6.07, 6.45) is -0.00565. The largest absolute Gasteiger partial charge is 0.508 e. The quantitative estimate of drug-likeness (QED) is 0.752. The van der Waals surface area contributed by atoms with Crippen molar-refractivity contribution in [2.75, 3.05) is 0 Å². The third-order valence-electron chi connectivity index (χ3n) is 1.45. The minimum Gasteiger partial charge on any atom is -0.508 e. The highest BCUT2D eigenvalue weighted by molar-refractivity contribution is 5.47. The number of rotatable bonds is 2. The maximum absolute atomic E-state index is 9.16. The Labute approximate surface area is 77.2 Å². The molecule has 0 heterocycles. The number of nitriles is 1. The van der Waals surface area contributed by atoms with E-state index in [1.54, 1.807) is 0 Å². The van der Waals surface area contributed by atoms with Gasteiger partial charge < -0.3 is 9.84 Å². The summed E-state index contributed by atoms with van der Waals surface area (Å²) in [6.45, 7) is 3.73. The van der Waals surface area contributed by atoms with Crippen LogP contribution in [0.4, 0.5) is 0 Å². The van der Waals surface area contributed by atoms with Gasteiger partial charge in [0.2, 0.25) is 0 Å². The van der Waals surface area contributed by atoms with Gasteiger partial charge in [-0.2, -0.15) is 5.26 Å². The van der Waals surface area contributed by atoms with Crippen LogP contribution in [0.15, 0.2) is 18.2 Å². The number of nitrogens with zero attached hydrogens (tertiary/aromatic N) is 1. The zero-order valence-electron chi connectivity index (χ0n) is 7.61. The lowest BCUT2D eigenvalue weighted by atomic mass is 10.2. The van der Waals surface area contributed by atoms with E-state index in [0.717, 1.165) is 0 Å². The fourth-order valence-corrected chi connectivity index (χ4v) is 0.955. The molecular formula is C10H11NO2. The van der Waals surface area contributed by atoms with Crippen molar-refractivity contribution in [2.45, 2.75) is 20.0 Å². The number of aromatic hydroxyl groups is 1. The highest BCUT2D eigenvalue weighted by atomic mass is 16.5. The van der Waals surface area contributed by atoms with Crippen LogP contribution in [0.25, 0.3) is 0 Å². The molecule has 3 heteroatoms. The van der Waals surface area contributed by atoms with Crippen molar-refractivity contribution in [2.24, 2.45) is 0 Å². The van der Waals surface area contributed by atoms with Crippen LogP contribution in [0.3, 0.4) is 0 Å². The van der Waals surface area contributed by atoms with Crippen LogP contribution in [0.1, 0.15) is 19.4 Å². The van der Waals surface area contributed by atoms with Gasteiger partial charge in [-0.05, 0) is 26.0 Å². The maximum atomic E-state index is 9.16. The number of hydrogen-bond acceptors (Lipinski definition) is 3. The number of ether oxygens (including phenoxy) is 1. The molecule has 1 aromatic rings. The minimum atomic E-state index is -0.00565. The fourth-order valence-electron chi connectivity index (χ4n) is 0.955. The van der Waals surface area contributed by atoms with E-state index in [-0.39, 0.29) is 11.9 Å². The summed E-state index contributed by atoms with van der Waals surface area (Å²) >= 11 is 0. The topological polar surface area (TPSA) is 53.2 Å². The summed E-state index contributed by atoms with van der Waals surface area (Å²) in [5.74, 6) is 0.534. The van der Waals surface area contributed by atoms with Gasteiger partial charge in [0.25, 0.3) is 0 Å². The summed E-state index contributed by atoms with van der Waals surface area (Å²) < 4.78 is 5.33. The molecule has 0 aliphatic carbocycles. The molecule has 1 rings (SSSR count). The first-order valence-electron chi connectivity index (χ1n) is 4.03. The predicted molar refractivity (Wildman–Crippen MR) is 48.6 cm³/mol. The van der Waals surface area contributed by atoms with E-state index in [9.17, 15) is 0 Å². The third-order valence-corrected chi connectivity index (χ3v) is 1.45. The Hall–Kier alpha value is -1.69. The van der Waals surface area contributed by atoms with E-state index in [4.69, 9.17) is 15.1 Å². The highest BCUT2D eigenvalue weighted by Gasteiger charge is 2.05. The van der Waals surface area contributed by atoms with Crippen molar-refractivity contribution in [1.82, 2.24) is 0 Å². The second kappa shape index (κ2) is 3.81. The molecule has 0 saturated carbocycles. The second-order valence-corrected chi connectivity index (χ2v) is 2.96. The van der Waals surface area contributed by atoms with Crippen LogP contribution in [-0.4, -0.2) is 11.2 Å². The Balaban J connectivity index is 3.03. The molecule has 3 nitrogen and oxygen atoms in total. The molecule has 0 amide bonds. The van der Waals surface area contributed by atoms with E-state index < -0.39 is 0 Å². The Morgan fingerprint density at radius 2 is 2.15 bits per heavy atom. The van der Waals surface area contributed by atoms with Gasteiger partial charge in [-0.1, -0.05) is 0 Å². The lowest BCUT2D eigenvalue weighted by molar-refractivity contribution is 0.241. The summed E-state index contributed by atoms with van der Waals surface area (Å²) in [5.41, 5.74) is 0.437. The smallest absolute Gasteiger partial charge is 0.141 e. The maximum Gasteiger partial charge on any atom is 0.141 e. The molecule has 0 aliphatic heterocycles. The van der Waals surface area contributed by atoms with Gasteiger partial charge in [-0.15, -0.1) is 0 Å². The number of phenolic OH excluding ortho intramolecular Hbond substituents is 1. The molecule has 0 atom stereocenters. The standard InChI is InChI=1S/C10H11NO2/c1-7(2)13-10-5-9(12)4-3-8(10)6-11/h3-5,7,12H,1-2H3. The zero-order valence-corrected chi connectivity index (χ0v) is 7.61. The SMILES string of the molecule is CC(C)Oc1cc(O)ccc1C#N. The van der Waals surface area contributed by atoms with Gasteiger partial charge in [0, 0.05) is 6.07 Å². The number of benzene rings is 1. The van der Waals surface area contributed by atoms with Crippen molar-refractivity contribution in [3.63, 3.8) is 0 Å². The monoisotopic (exact) mass is 177 g/mol. The van der Waals surface area contributed by atoms with E-state index in [1.165, 1.54) is 18.2 Å². The summed E-state index contributed by atoms with van der Waals surface area (Å²) in [7, 11) is 0. The summed E-state index contributed by atoms with van der Waals surface area (Å²) in [5, 5.41) is 17.9. The summed E-state index contributed by atoms with van der Waals surface area (Å²) in [6, 6.07) is 6.43. The van der Waals surface area contributed by atoms with Crippen molar-refractivity contribution in [3.05, 3.63) is 23.8 Å². The lowest BCUT2D eigenvalue weighted by Gasteiger charge is -2.10. The van der Waals surface area contributed by atoms with Crippen molar-refractivity contribution in [3.8, 4) is 17.6 Å². The molecule has 1 N–H and O–H groups in total. The van der Waals surface area contributed by atoms with Gasteiger partial charge in [-0.3, -0.25) is 0 Å². The van der Waals surface area contributed by atoms with Gasteiger partial charge in [0.15, 0.2) is 0 Å². The van der Waals surface area contributed by atoms with Crippen LogP contribution in [0, 0.1) is 11.3 Å². The first-order chi connectivity index (χ1) is 6.13. The third kappa shape index (κ3) is 2.38. The van der Waals surface area contributed by atoms with Gasteiger partial charge in [0.1, 0.15) is 17.6 Å². The van der Waals surface area contributed by atoms with Crippen LogP contribution in [0.2, 0.25) is 0 Å². The van der Waals surface area contributed by atoms with Crippen LogP contribution < -0.4 is 4.74 Å². The molecule has 0 bridgehead atoms. The van der Waals surface area contributed by atoms with Gasteiger partial charge in [0.05, 0.1) is 11.7 Å². The molecule has 1 aromatic carbocycles. The molecule has 0 spiro atoms. The van der Waals surface area contributed by atoms with E-state index >= 15 is 0 Å². The number of phenols is 1. The second-order valence-electron chi connectivity index (χ2n) is 2.96. The van der Waals surface area contributed by atoms with Gasteiger partial charge >= 0.3 is 0 Å². The first kappa shape index (κ1) is 9.40. The van der Waals surface area contributed by atoms with Crippen molar-refractivity contribution in [1.29, 1.82) is 5.26 Å². The molecular weight excluding hydrogens is 166 g/mol. The molecule has 0 aromatic heterocycles. The van der Waals surface area contributed by atoms with Crippen LogP contribution in [0.5, 0.6) is 11.5 Å². The van der Waals surface area contributed by atoms with Crippen molar-refractivity contribution >= 4 is 0 Å². The Bertz CT molecular complexity index is 339. The van der Waals surface area contributed by atoms with Crippen LogP contribution >= 0.6 is 0 Å². The Morgan fingerprint density at radius 1 is 1.46 bits per heavy atom. The van der Waals surface area contributed by atoms with Crippen LogP contribution in [-0.2, 0) is 0 Å². The van der Waals surface area contributed by atoms with E-state index in [1.807, 2.05) is 19.9 Å². The molecule has 0 unspecified atom stereocenters. The minimum absolute atomic E-state index is 0.00565. The van der Waals surface area contributed by atoms with Gasteiger partial charge in [-0.25, -0.2) is 0 Å². The molecule has 68 valence electrons. The molecule has 0 radical (unpaired) electrons. The normalized spacial score (nSPS) is 9.69. The summed E-state index contributed by atoms with van der Waals surface area (Å²) in [4.78, 5) is 0. The average Bonchev–Trinajstić information content (AvgIpc) is 2.03. The lowest BCUT2D eigenvalue weighted by Crippen LogP contribution is -2.06. The number of hydrogen-bond donors (Lipinski definition) is 1. The predicted octanol–water partition coefficient (Wildman–Crippen LogP) is 2.05. The van der Waals surface area contributed by atoms with E-state index in [2.05, 4.69) is 0 Å². The molecule has 0 saturated heterocycles. The Morgan fingerprint density at radius 3 is 2.69 bits per heavy atom. The zero-order chi connectivity index (χ0) is 9.84. The van der Waals surface area contributed by atoms with E-state index in [0.29, 0.717) is 11.3 Å².